The van der Waals surface area contributed by atoms with Crippen molar-refractivity contribution in [3.8, 4) is 0 Å². The number of rotatable bonds is 6. The average Bonchev–Trinajstić information content (AvgIpc) is 2.28. The van der Waals surface area contributed by atoms with E-state index in [4.69, 9.17) is 5.11 Å². The Hall–Kier alpha value is -0.620. The number of carbonyl (C=O) groups is 1. The lowest BCUT2D eigenvalue weighted by atomic mass is 9.97. The summed E-state index contributed by atoms with van der Waals surface area (Å²) < 4.78 is 25.5. The van der Waals surface area contributed by atoms with E-state index in [2.05, 4.69) is 6.92 Å². The predicted molar refractivity (Wildman–Crippen MR) is 65.2 cm³/mol. The maximum Gasteiger partial charge on any atom is 0.303 e. The van der Waals surface area contributed by atoms with E-state index in [1.54, 1.807) is 0 Å². The van der Waals surface area contributed by atoms with Crippen LogP contribution in [0.2, 0.25) is 0 Å². The van der Waals surface area contributed by atoms with Crippen LogP contribution in [0.15, 0.2) is 0 Å². The largest absolute Gasteiger partial charge is 0.481 e. The number of aliphatic carboxylic acids is 1. The standard InChI is InChI=1S/C11H21NO4S/c1-2-10-5-3-7-12(9-10)17(15,16)8-4-6-11(13)14/h10H,2-9H2,1H3,(H,13,14). The molecule has 5 nitrogen and oxygen atoms in total. The average molecular weight is 263 g/mol. The van der Waals surface area contributed by atoms with Gasteiger partial charge in [0.05, 0.1) is 5.75 Å². The molecule has 1 aliphatic heterocycles. The van der Waals surface area contributed by atoms with E-state index >= 15 is 0 Å². The third-order valence-corrected chi connectivity index (χ3v) is 5.17. The summed E-state index contributed by atoms with van der Waals surface area (Å²) in [7, 11) is -3.25. The zero-order valence-corrected chi connectivity index (χ0v) is 11.1. The molecule has 1 saturated heterocycles. The predicted octanol–water partition coefficient (Wildman–Crippen LogP) is 1.30. The van der Waals surface area contributed by atoms with Gasteiger partial charge in [-0.1, -0.05) is 13.3 Å². The van der Waals surface area contributed by atoms with Crippen molar-refractivity contribution in [2.75, 3.05) is 18.8 Å². The first-order valence-corrected chi connectivity index (χ1v) is 7.76. The quantitative estimate of drug-likeness (QED) is 0.784. The molecule has 1 aliphatic rings. The minimum absolute atomic E-state index is 0.0459. The van der Waals surface area contributed by atoms with E-state index in [1.165, 1.54) is 4.31 Å². The maximum absolute atomic E-state index is 12.0. The van der Waals surface area contributed by atoms with Gasteiger partial charge in [-0.15, -0.1) is 0 Å². The van der Waals surface area contributed by atoms with E-state index in [1.807, 2.05) is 0 Å². The van der Waals surface area contributed by atoms with E-state index in [-0.39, 0.29) is 18.6 Å². The topological polar surface area (TPSA) is 74.7 Å². The minimum Gasteiger partial charge on any atom is -0.481 e. The van der Waals surface area contributed by atoms with Crippen molar-refractivity contribution in [1.82, 2.24) is 4.31 Å². The summed E-state index contributed by atoms with van der Waals surface area (Å²) in [6.45, 7) is 3.27. The fourth-order valence-electron chi connectivity index (χ4n) is 2.15. The first kappa shape index (κ1) is 14.4. The van der Waals surface area contributed by atoms with Crippen LogP contribution in [0.5, 0.6) is 0 Å². The molecular formula is C11H21NO4S. The van der Waals surface area contributed by atoms with Crippen LogP contribution in [-0.2, 0) is 14.8 Å². The van der Waals surface area contributed by atoms with E-state index < -0.39 is 16.0 Å². The molecule has 1 N–H and O–H groups in total. The molecular weight excluding hydrogens is 242 g/mol. The summed E-state index contributed by atoms with van der Waals surface area (Å²) in [5.74, 6) is -0.529. The highest BCUT2D eigenvalue weighted by Crippen LogP contribution is 2.22. The van der Waals surface area contributed by atoms with Crippen molar-refractivity contribution in [3.05, 3.63) is 0 Å². The second-order valence-electron chi connectivity index (χ2n) is 4.59. The van der Waals surface area contributed by atoms with Crippen LogP contribution in [0, 0.1) is 5.92 Å². The molecule has 1 fully saturated rings. The lowest BCUT2D eigenvalue weighted by molar-refractivity contribution is -0.137. The zero-order chi connectivity index (χ0) is 12.9. The number of hydrogen-bond acceptors (Lipinski definition) is 3. The molecule has 0 aromatic carbocycles. The Labute approximate surface area is 103 Å². The smallest absolute Gasteiger partial charge is 0.303 e. The molecule has 0 aromatic heterocycles. The first-order valence-electron chi connectivity index (χ1n) is 6.15. The number of carboxylic acid groups (broad SMARTS) is 1. The van der Waals surface area contributed by atoms with Gasteiger partial charge >= 0.3 is 5.97 Å². The molecule has 1 unspecified atom stereocenters. The number of sulfonamides is 1. The van der Waals surface area contributed by atoms with Crippen molar-refractivity contribution < 1.29 is 18.3 Å². The Bertz CT molecular complexity index is 352. The number of hydrogen-bond donors (Lipinski definition) is 1. The van der Waals surface area contributed by atoms with Gasteiger partial charge in [-0.25, -0.2) is 12.7 Å². The fraction of sp³-hybridized carbons (Fsp3) is 0.909. The highest BCUT2D eigenvalue weighted by atomic mass is 32.2. The molecule has 1 heterocycles. The van der Waals surface area contributed by atoms with Crippen LogP contribution in [0.1, 0.15) is 39.0 Å². The second kappa shape index (κ2) is 6.35. The van der Waals surface area contributed by atoms with Gasteiger partial charge in [-0.3, -0.25) is 4.79 Å². The Morgan fingerprint density at radius 1 is 1.47 bits per heavy atom. The van der Waals surface area contributed by atoms with Gasteiger partial charge in [0.25, 0.3) is 0 Å². The monoisotopic (exact) mass is 263 g/mol. The van der Waals surface area contributed by atoms with Gasteiger partial charge in [-0.05, 0) is 25.2 Å². The molecule has 0 aliphatic carbocycles. The van der Waals surface area contributed by atoms with Gasteiger partial charge in [0.1, 0.15) is 0 Å². The molecule has 0 aromatic rings. The van der Waals surface area contributed by atoms with Gasteiger partial charge in [-0.2, -0.15) is 0 Å². The second-order valence-corrected chi connectivity index (χ2v) is 6.68. The summed E-state index contributed by atoms with van der Waals surface area (Å²) in [6.07, 6.45) is 3.13. The van der Waals surface area contributed by atoms with Crippen LogP contribution in [0.25, 0.3) is 0 Å². The van der Waals surface area contributed by atoms with E-state index in [0.717, 1.165) is 19.3 Å². The van der Waals surface area contributed by atoms with Gasteiger partial charge in [0, 0.05) is 19.5 Å². The number of piperidine rings is 1. The van der Waals surface area contributed by atoms with E-state index in [0.29, 0.717) is 19.0 Å². The van der Waals surface area contributed by atoms with Crippen LogP contribution in [-0.4, -0.2) is 42.6 Å². The summed E-state index contributed by atoms with van der Waals surface area (Å²) >= 11 is 0. The highest BCUT2D eigenvalue weighted by molar-refractivity contribution is 7.89. The summed E-state index contributed by atoms with van der Waals surface area (Å²) in [6, 6.07) is 0. The molecule has 17 heavy (non-hydrogen) atoms. The van der Waals surface area contributed by atoms with Crippen molar-refractivity contribution in [2.45, 2.75) is 39.0 Å². The lowest BCUT2D eigenvalue weighted by Gasteiger charge is -2.31. The molecule has 6 heteroatoms. The van der Waals surface area contributed by atoms with Gasteiger partial charge < -0.3 is 5.11 Å². The number of nitrogens with zero attached hydrogens (tertiary/aromatic N) is 1. The van der Waals surface area contributed by atoms with Crippen molar-refractivity contribution in [3.63, 3.8) is 0 Å². The third-order valence-electron chi connectivity index (χ3n) is 3.25. The van der Waals surface area contributed by atoms with Crippen molar-refractivity contribution >= 4 is 16.0 Å². The molecule has 0 spiro atoms. The molecule has 0 saturated carbocycles. The summed E-state index contributed by atoms with van der Waals surface area (Å²) in [5, 5.41) is 8.49. The minimum atomic E-state index is -3.25. The molecule has 1 rings (SSSR count). The van der Waals surface area contributed by atoms with Crippen LogP contribution >= 0.6 is 0 Å². The SMILES string of the molecule is CCC1CCCN(S(=O)(=O)CCCC(=O)O)C1. The Morgan fingerprint density at radius 3 is 2.76 bits per heavy atom. The number of carboxylic acids is 1. The zero-order valence-electron chi connectivity index (χ0n) is 10.3. The molecule has 100 valence electrons. The summed E-state index contributed by atoms with van der Waals surface area (Å²) in [4.78, 5) is 10.4. The van der Waals surface area contributed by atoms with Gasteiger partial charge in [0.2, 0.25) is 10.0 Å². The highest BCUT2D eigenvalue weighted by Gasteiger charge is 2.27. The van der Waals surface area contributed by atoms with Crippen molar-refractivity contribution in [1.29, 1.82) is 0 Å². The fourth-order valence-corrected chi connectivity index (χ4v) is 3.76. The summed E-state index contributed by atoms with van der Waals surface area (Å²) in [5.41, 5.74) is 0. The van der Waals surface area contributed by atoms with Gasteiger partial charge in [0.15, 0.2) is 0 Å². The Balaban J connectivity index is 2.48. The first-order chi connectivity index (χ1) is 7.95. The molecule has 0 amide bonds. The third kappa shape index (κ3) is 4.63. The lowest BCUT2D eigenvalue weighted by Crippen LogP contribution is -2.40. The van der Waals surface area contributed by atoms with Crippen LogP contribution < -0.4 is 0 Å². The van der Waals surface area contributed by atoms with Crippen molar-refractivity contribution in [2.24, 2.45) is 5.92 Å². The van der Waals surface area contributed by atoms with Crippen LogP contribution in [0.4, 0.5) is 0 Å². The normalized spacial score (nSPS) is 22.5. The molecule has 0 radical (unpaired) electrons. The maximum atomic E-state index is 12.0. The molecule has 0 bridgehead atoms. The Kier molecular flexibility index (Phi) is 5.39. The van der Waals surface area contributed by atoms with Crippen LogP contribution in [0.3, 0.4) is 0 Å². The van der Waals surface area contributed by atoms with E-state index in [9.17, 15) is 13.2 Å². The molecule has 1 atom stereocenters. The Morgan fingerprint density at radius 2 is 2.18 bits per heavy atom.